The Morgan fingerprint density at radius 1 is 1.00 bits per heavy atom. The first-order chi connectivity index (χ1) is 9.28. The molecule has 0 amide bonds. The fourth-order valence-corrected chi connectivity index (χ4v) is 1.54. The van der Waals surface area contributed by atoms with Crippen molar-refractivity contribution in [2.24, 2.45) is 5.10 Å². The molecule has 0 N–H and O–H groups in total. The standard InChI is InChI=1S/C12H14N4O3/c1-17-9-4-11(18-2)10(12(5-9)19-3)6-15-16-7-13-14-8-16/h4-8H,1-3H3/b15-6+. The van der Waals surface area contributed by atoms with Gasteiger partial charge in [0.1, 0.15) is 29.9 Å². The van der Waals surface area contributed by atoms with E-state index in [1.54, 1.807) is 39.7 Å². The van der Waals surface area contributed by atoms with Crippen molar-refractivity contribution in [2.75, 3.05) is 21.3 Å². The molecule has 0 aliphatic heterocycles. The molecule has 19 heavy (non-hydrogen) atoms. The summed E-state index contributed by atoms with van der Waals surface area (Å²) in [5.41, 5.74) is 0.708. The molecule has 1 aromatic carbocycles. The number of hydrogen-bond acceptors (Lipinski definition) is 6. The molecule has 100 valence electrons. The van der Waals surface area contributed by atoms with Gasteiger partial charge in [0.25, 0.3) is 0 Å². The molecule has 0 saturated carbocycles. The average molecular weight is 262 g/mol. The van der Waals surface area contributed by atoms with Crippen molar-refractivity contribution in [3.8, 4) is 17.2 Å². The lowest BCUT2D eigenvalue weighted by molar-refractivity contribution is 0.374. The lowest BCUT2D eigenvalue weighted by Crippen LogP contribution is -1.98. The van der Waals surface area contributed by atoms with Crippen molar-refractivity contribution >= 4 is 6.21 Å². The molecule has 7 nitrogen and oxygen atoms in total. The van der Waals surface area contributed by atoms with Gasteiger partial charge >= 0.3 is 0 Å². The molecule has 0 radical (unpaired) electrons. The van der Waals surface area contributed by atoms with Crippen molar-refractivity contribution in [3.63, 3.8) is 0 Å². The SMILES string of the molecule is COc1cc(OC)c(/C=N/n2cnnc2)c(OC)c1. The Balaban J connectivity index is 2.42. The van der Waals surface area contributed by atoms with E-state index >= 15 is 0 Å². The van der Waals surface area contributed by atoms with E-state index in [1.165, 1.54) is 17.3 Å². The number of methoxy groups -OCH3 is 3. The summed E-state index contributed by atoms with van der Waals surface area (Å²) in [6, 6.07) is 3.52. The van der Waals surface area contributed by atoms with Crippen molar-refractivity contribution in [2.45, 2.75) is 0 Å². The van der Waals surface area contributed by atoms with Gasteiger partial charge in [-0.1, -0.05) is 0 Å². The summed E-state index contributed by atoms with van der Waals surface area (Å²) >= 11 is 0. The van der Waals surface area contributed by atoms with Crippen LogP contribution >= 0.6 is 0 Å². The highest BCUT2D eigenvalue weighted by molar-refractivity contribution is 5.88. The number of nitrogens with zero attached hydrogens (tertiary/aromatic N) is 4. The number of rotatable bonds is 5. The fourth-order valence-electron chi connectivity index (χ4n) is 1.54. The van der Waals surface area contributed by atoms with Crippen LogP contribution in [0.1, 0.15) is 5.56 Å². The number of ether oxygens (including phenoxy) is 3. The molecule has 1 aromatic heterocycles. The molecule has 2 rings (SSSR count). The van der Waals surface area contributed by atoms with Gasteiger partial charge in [0.15, 0.2) is 0 Å². The van der Waals surface area contributed by atoms with Crippen LogP contribution in [0.25, 0.3) is 0 Å². The maximum absolute atomic E-state index is 5.31. The minimum absolute atomic E-state index is 0.605. The zero-order valence-corrected chi connectivity index (χ0v) is 10.9. The molecule has 0 aliphatic rings. The third-order valence-corrected chi connectivity index (χ3v) is 2.48. The summed E-state index contributed by atoms with van der Waals surface area (Å²) in [5.74, 6) is 1.86. The van der Waals surface area contributed by atoms with Gasteiger partial charge in [-0.15, -0.1) is 10.2 Å². The van der Waals surface area contributed by atoms with Crippen LogP contribution < -0.4 is 14.2 Å². The molecule has 0 spiro atoms. The largest absolute Gasteiger partial charge is 0.496 e. The van der Waals surface area contributed by atoms with Crippen LogP contribution in [0.3, 0.4) is 0 Å². The van der Waals surface area contributed by atoms with Crippen molar-refractivity contribution in [1.29, 1.82) is 0 Å². The minimum atomic E-state index is 0.605. The van der Waals surface area contributed by atoms with Crippen LogP contribution in [0.15, 0.2) is 29.9 Å². The molecule has 2 aromatic rings. The average Bonchev–Trinajstić information content (AvgIpc) is 2.97. The normalized spacial score (nSPS) is 10.7. The summed E-state index contributed by atoms with van der Waals surface area (Å²) in [5, 5.41) is 11.5. The second-order valence-corrected chi connectivity index (χ2v) is 3.53. The lowest BCUT2D eigenvalue weighted by atomic mass is 10.2. The summed E-state index contributed by atoms with van der Waals surface area (Å²) < 4.78 is 17.3. The van der Waals surface area contributed by atoms with E-state index < -0.39 is 0 Å². The van der Waals surface area contributed by atoms with Gasteiger partial charge in [0, 0.05) is 12.1 Å². The Morgan fingerprint density at radius 3 is 2.05 bits per heavy atom. The van der Waals surface area contributed by atoms with Gasteiger partial charge in [-0.05, 0) is 0 Å². The Hall–Kier alpha value is -2.57. The van der Waals surface area contributed by atoms with Gasteiger partial charge in [-0.3, -0.25) is 0 Å². The summed E-state index contributed by atoms with van der Waals surface area (Å²) in [4.78, 5) is 0. The second-order valence-electron chi connectivity index (χ2n) is 3.53. The van der Waals surface area contributed by atoms with Crippen molar-refractivity contribution < 1.29 is 14.2 Å². The summed E-state index contributed by atoms with van der Waals surface area (Å²) in [6.07, 6.45) is 4.58. The maximum Gasteiger partial charge on any atom is 0.141 e. The van der Waals surface area contributed by atoms with E-state index in [0.717, 1.165) is 0 Å². The van der Waals surface area contributed by atoms with Crippen molar-refractivity contribution in [1.82, 2.24) is 14.9 Å². The van der Waals surface area contributed by atoms with Crippen LogP contribution in [-0.2, 0) is 0 Å². The molecule has 0 bridgehead atoms. The van der Waals surface area contributed by atoms with Crippen LogP contribution in [0.4, 0.5) is 0 Å². The summed E-state index contributed by atoms with van der Waals surface area (Å²) in [7, 11) is 4.73. The van der Waals surface area contributed by atoms with Gasteiger partial charge in [0.2, 0.25) is 0 Å². The molecular weight excluding hydrogens is 248 g/mol. The molecule has 7 heteroatoms. The predicted octanol–water partition coefficient (Wildman–Crippen LogP) is 1.19. The minimum Gasteiger partial charge on any atom is -0.496 e. The van der Waals surface area contributed by atoms with Gasteiger partial charge < -0.3 is 14.2 Å². The Kier molecular flexibility index (Phi) is 3.97. The number of aromatic nitrogens is 3. The quantitative estimate of drug-likeness (QED) is 0.757. The maximum atomic E-state index is 5.31. The van der Waals surface area contributed by atoms with Crippen LogP contribution in [0, 0.1) is 0 Å². The lowest BCUT2D eigenvalue weighted by Gasteiger charge is -2.11. The Labute approximate surface area is 110 Å². The summed E-state index contributed by atoms with van der Waals surface area (Å²) in [6.45, 7) is 0. The van der Waals surface area contributed by atoms with E-state index in [-0.39, 0.29) is 0 Å². The molecule has 0 saturated heterocycles. The van der Waals surface area contributed by atoms with Gasteiger partial charge in [-0.2, -0.15) is 5.10 Å². The highest BCUT2D eigenvalue weighted by Gasteiger charge is 2.11. The third-order valence-electron chi connectivity index (χ3n) is 2.48. The van der Waals surface area contributed by atoms with Gasteiger partial charge in [-0.25, -0.2) is 4.68 Å². The zero-order chi connectivity index (χ0) is 13.7. The Morgan fingerprint density at radius 2 is 1.58 bits per heavy atom. The number of benzene rings is 1. The zero-order valence-electron chi connectivity index (χ0n) is 10.9. The third kappa shape index (κ3) is 2.82. The van der Waals surface area contributed by atoms with E-state index in [4.69, 9.17) is 14.2 Å². The highest BCUT2D eigenvalue weighted by Crippen LogP contribution is 2.32. The Bertz CT molecular complexity index is 541. The smallest absolute Gasteiger partial charge is 0.141 e. The van der Waals surface area contributed by atoms with E-state index in [1.807, 2.05) is 0 Å². The van der Waals surface area contributed by atoms with Crippen LogP contribution in [-0.4, -0.2) is 42.4 Å². The fraction of sp³-hybridized carbons (Fsp3) is 0.250. The second kappa shape index (κ2) is 5.85. The first-order valence-corrected chi connectivity index (χ1v) is 5.47. The predicted molar refractivity (Wildman–Crippen MR) is 69.1 cm³/mol. The van der Waals surface area contributed by atoms with E-state index in [2.05, 4.69) is 15.3 Å². The number of hydrogen-bond donors (Lipinski definition) is 0. The van der Waals surface area contributed by atoms with Crippen LogP contribution in [0.5, 0.6) is 17.2 Å². The topological polar surface area (TPSA) is 70.8 Å². The molecule has 1 heterocycles. The molecule has 0 atom stereocenters. The molecule has 0 fully saturated rings. The molecular formula is C12H14N4O3. The first-order valence-electron chi connectivity index (χ1n) is 5.47. The van der Waals surface area contributed by atoms with Crippen molar-refractivity contribution in [3.05, 3.63) is 30.4 Å². The first kappa shape index (κ1) is 12.9. The highest BCUT2D eigenvalue weighted by atomic mass is 16.5. The molecule has 0 aliphatic carbocycles. The molecule has 0 unspecified atom stereocenters. The van der Waals surface area contributed by atoms with E-state index in [9.17, 15) is 0 Å². The van der Waals surface area contributed by atoms with Crippen LogP contribution in [0.2, 0.25) is 0 Å². The van der Waals surface area contributed by atoms with E-state index in [0.29, 0.717) is 22.8 Å². The van der Waals surface area contributed by atoms with Gasteiger partial charge in [0.05, 0.1) is 33.1 Å². The monoisotopic (exact) mass is 262 g/mol.